The molecule has 1 amide bonds. The molecule has 6 N–H and O–H groups in total. The summed E-state index contributed by atoms with van der Waals surface area (Å²) >= 11 is 1.30. The summed E-state index contributed by atoms with van der Waals surface area (Å²) in [6, 6.07) is 5.71. The second-order valence-corrected chi connectivity index (χ2v) is 8.39. The summed E-state index contributed by atoms with van der Waals surface area (Å²) in [7, 11) is 0. The Bertz CT molecular complexity index is 1250. The molecule has 3 heterocycles. The third-order valence-electron chi connectivity index (χ3n) is 4.68. The van der Waals surface area contributed by atoms with Crippen LogP contribution in [-0.4, -0.2) is 31.2 Å². The third kappa shape index (κ3) is 3.24. The lowest BCUT2D eigenvalue weighted by Gasteiger charge is -2.14. The highest BCUT2D eigenvalue weighted by Crippen LogP contribution is 2.39. The van der Waals surface area contributed by atoms with Gasteiger partial charge in [0, 0.05) is 17.1 Å². The number of anilines is 1. The third-order valence-corrected chi connectivity index (χ3v) is 6.01. The number of benzene rings is 1. The van der Waals surface area contributed by atoms with Crippen molar-refractivity contribution >= 4 is 33.8 Å². The normalized spacial score (nSPS) is 11.9. The number of nitrogen functional groups attached to an aromatic ring is 1. The molecule has 0 aliphatic rings. The highest BCUT2D eigenvalue weighted by Gasteiger charge is 2.23. The number of nitrogens with two attached hydrogens (primary N) is 2. The number of thiazole rings is 1. The van der Waals surface area contributed by atoms with E-state index >= 15 is 0 Å². The number of aromatic amines is 1. The van der Waals surface area contributed by atoms with Crippen molar-refractivity contribution in [2.45, 2.75) is 26.4 Å². The molecule has 29 heavy (non-hydrogen) atoms. The van der Waals surface area contributed by atoms with Gasteiger partial charge in [-0.05, 0) is 44.0 Å². The quantitative estimate of drug-likeness (QED) is 0.409. The smallest absolute Gasteiger partial charge is 0.269 e. The molecule has 8 nitrogen and oxygen atoms in total. The summed E-state index contributed by atoms with van der Waals surface area (Å²) in [6.07, 6.45) is 3.34. The van der Waals surface area contributed by atoms with Gasteiger partial charge in [-0.3, -0.25) is 9.89 Å². The first-order valence-corrected chi connectivity index (χ1v) is 9.71. The number of aryl methyl sites for hydroxylation is 1. The lowest BCUT2D eigenvalue weighted by atomic mass is 9.94. The van der Waals surface area contributed by atoms with Crippen molar-refractivity contribution in [2.24, 2.45) is 5.73 Å². The van der Waals surface area contributed by atoms with E-state index < -0.39 is 11.5 Å². The van der Waals surface area contributed by atoms with E-state index in [2.05, 4.69) is 20.2 Å². The molecule has 0 saturated heterocycles. The Morgan fingerprint density at radius 1 is 1.28 bits per heavy atom. The van der Waals surface area contributed by atoms with Crippen molar-refractivity contribution in [1.29, 1.82) is 0 Å². The summed E-state index contributed by atoms with van der Waals surface area (Å²) < 4.78 is 0. The molecular weight excluding hydrogens is 388 g/mol. The Hall–Kier alpha value is -3.30. The van der Waals surface area contributed by atoms with Crippen LogP contribution in [0.1, 0.15) is 34.9 Å². The van der Waals surface area contributed by atoms with Crippen molar-refractivity contribution in [3.05, 3.63) is 46.9 Å². The number of H-pyrrole nitrogens is 1. The summed E-state index contributed by atoms with van der Waals surface area (Å²) in [6.45, 7) is 5.29. The summed E-state index contributed by atoms with van der Waals surface area (Å²) in [5.74, 6) is -0.713. The summed E-state index contributed by atoms with van der Waals surface area (Å²) in [5.41, 5.74) is 14.8. The fourth-order valence-corrected chi connectivity index (χ4v) is 4.11. The first-order valence-electron chi connectivity index (χ1n) is 8.89. The van der Waals surface area contributed by atoms with Crippen LogP contribution in [0.2, 0.25) is 0 Å². The molecular formula is C20H20N6O2S. The number of aromatic nitrogens is 4. The number of primary amides is 1. The lowest BCUT2D eigenvalue weighted by molar-refractivity contribution is 0.0782. The average Bonchev–Trinajstić information content (AvgIpc) is 3.31. The summed E-state index contributed by atoms with van der Waals surface area (Å²) in [5, 5.41) is 18.7. The van der Waals surface area contributed by atoms with Crippen molar-refractivity contribution in [2.75, 3.05) is 5.73 Å². The molecule has 9 heteroatoms. The number of aliphatic hydroxyl groups is 1. The Balaban J connectivity index is 2.00. The summed E-state index contributed by atoms with van der Waals surface area (Å²) in [4.78, 5) is 21.4. The van der Waals surface area contributed by atoms with Gasteiger partial charge in [0.25, 0.3) is 5.91 Å². The molecule has 0 radical (unpaired) electrons. The van der Waals surface area contributed by atoms with Crippen LogP contribution in [-0.2, 0) is 5.60 Å². The van der Waals surface area contributed by atoms with E-state index in [-0.39, 0.29) is 11.4 Å². The monoisotopic (exact) mass is 408 g/mol. The van der Waals surface area contributed by atoms with E-state index in [1.807, 2.05) is 25.1 Å². The molecule has 0 spiro atoms. The van der Waals surface area contributed by atoms with Gasteiger partial charge in [0.2, 0.25) is 0 Å². The molecule has 4 rings (SSSR count). The standard InChI is InChI=1S/C20H20N6O2S/c1-9-4-5-12-11(7-24-26-12)15(9)10-6-13(25-17(16(10)21)18(22)27)14-8-23-19(29-14)20(2,3)28/h4-8,28H,21H2,1-3H3,(H2,22,27)(H,24,26). The van der Waals surface area contributed by atoms with Crippen LogP contribution >= 0.6 is 11.3 Å². The minimum atomic E-state index is -1.08. The minimum Gasteiger partial charge on any atom is -0.396 e. The Labute approximate surface area is 170 Å². The Morgan fingerprint density at radius 3 is 2.69 bits per heavy atom. The molecule has 0 saturated carbocycles. The molecule has 0 aliphatic heterocycles. The van der Waals surface area contributed by atoms with Crippen molar-refractivity contribution in [3.63, 3.8) is 0 Å². The minimum absolute atomic E-state index is 0.00407. The van der Waals surface area contributed by atoms with Crippen LogP contribution in [0.3, 0.4) is 0 Å². The Morgan fingerprint density at radius 2 is 2.03 bits per heavy atom. The number of fused-ring (bicyclic) bond motifs is 1. The van der Waals surface area contributed by atoms with Gasteiger partial charge in [-0.2, -0.15) is 5.10 Å². The molecule has 0 bridgehead atoms. The van der Waals surface area contributed by atoms with E-state index in [4.69, 9.17) is 11.5 Å². The number of hydrogen-bond acceptors (Lipinski definition) is 7. The van der Waals surface area contributed by atoms with E-state index in [9.17, 15) is 9.90 Å². The first-order chi connectivity index (χ1) is 13.7. The number of hydrogen-bond donors (Lipinski definition) is 4. The van der Waals surface area contributed by atoms with Crippen molar-refractivity contribution in [3.8, 4) is 21.7 Å². The highest BCUT2D eigenvalue weighted by atomic mass is 32.1. The van der Waals surface area contributed by atoms with Crippen molar-refractivity contribution in [1.82, 2.24) is 20.2 Å². The highest BCUT2D eigenvalue weighted by molar-refractivity contribution is 7.15. The second kappa shape index (κ2) is 6.64. The van der Waals surface area contributed by atoms with Gasteiger partial charge in [-0.15, -0.1) is 11.3 Å². The maximum absolute atomic E-state index is 12.1. The molecule has 148 valence electrons. The molecule has 3 aromatic heterocycles. The van der Waals surface area contributed by atoms with E-state index in [0.717, 1.165) is 22.0 Å². The fraction of sp³-hybridized carbons (Fsp3) is 0.200. The average molecular weight is 408 g/mol. The fourth-order valence-electron chi connectivity index (χ4n) is 3.24. The zero-order chi connectivity index (χ0) is 20.9. The second-order valence-electron chi connectivity index (χ2n) is 7.36. The van der Waals surface area contributed by atoms with Gasteiger partial charge in [-0.1, -0.05) is 6.07 Å². The van der Waals surface area contributed by atoms with E-state index in [1.54, 1.807) is 26.2 Å². The van der Waals surface area contributed by atoms with Crippen LogP contribution in [0.5, 0.6) is 0 Å². The van der Waals surface area contributed by atoms with Crippen LogP contribution in [0.4, 0.5) is 5.69 Å². The molecule has 1 aromatic carbocycles. The van der Waals surface area contributed by atoms with Gasteiger partial charge in [-0.25, -0.2) is 9.97 Å². The molecule has 0 atom stereocenters. The maximum Gasteiger partial charge on any atom is 0.269 e. The lowest BCUT2D eigenvalue weighted by Crippen LogP contribution is -2.17. The molecule has 0 unspecified atom stereocenters. The van der Waals surface area contributed by atoms with E-state index in [1.165, 1.54) is 11.3 Å². The van der Waals surface area contributed by atoms with Gasteiger partial charge in [0.15, 0.2) is 5.69 Å². The number of carbonyl (C=O) groups excluding carboxylic acids is 1. The zero-order valence-corrected chi connectivity index (χ0v) is 17.0. The molecule has 4 aromatic rings. The topological polar surface area (TPSA) is 144 Å². The predicted molar refractivity (Wildman–Crippen MR) is 113 cm³/mol. The SMILES string of the molecule is Cc1ccc2[nH]ncc2c1-c1cc(-c2cnc(C(C)(C)O)s2)nc(C(N)=O)c1N. The first kappa shape index (κ1) is 19.0. The number of carbonyl (C=O) groups is 1. The molecule has 0 fully saturated rings. The van der Waals surface area contributed by atoms with Gasteiger partial charge < -0.3 is 16.6 Å². The number of rotatable bonds is 4. The van der Waals surface area contributed by atoms with Crippen LogP contribution in [0.25, 0.3) is 32.6 Å². The number of pyridine rings is 1. The van der Waals surface area contributed by atoms with Gasteiger partial charge in [0.1, 0.15) is 10.6 Å². The van der Waals surface area contributed by atoms with Crippen LogP contribution in [0.15, 0.2) is 30.6 Å². The number of amides is 1. The van der Waals surface area contributed by atoms with E-state index in [0.29, 0.717) is 21.1 Å². The zero-order valence-electron chi connectivity index (χ0n) is 16.1. The van der Waals surface area contributed by atoms with Gasteiger partial charge >= 0.3 is 0 Å². The van der Waals surface area contributed by atoms with Crippen molar-refractivity contribution < 1.29 is 9.90 Å². The Kier molecular flexibility index (Phi) is 4.36. The van der Waals surface area contributed by atoms with Crippen LogP contribution in [0, 0.1) is 6.92 Å². The van der Waals surface area contributed by atoms with Crippen LogP contribution < -0.4 is 11.5 Å². The van der Waals surface area contributed by atoms with Gasteiger partial charge in [0.05, 0.1) is 28.0 Å². The maximum atomic E-state index is 12.1. The largest absolute Gasteiger partial charge is 0.396 e. The number of nitrogens with one attached hydrogen (secondary N) is 1. The molecule has 0 aliphatic carbocycles. The number of nitrogens with zero attached hydrogens (tertiary/aromatic N) is 3. The predicted octanol–water partition coefficient (Wildman–Crippen LogP) is 2.97.